The summed E-state index contributed by atoms with van der Waals surface area (Å²) in [4.78, 5) is 2.16. The third-order valence-corrected chi connectivity index (χ3v) is 5.01. The van der Waals surface area contributed by atoms with E-state index in [1.165, 1.54) is 5.56 Å². The third kappa shape index (κ3) is 6.07. The van der Waals surface area contributed by atoms with Crippen LogP contribution in [0.1, 0.15) is 30.5 Å². The molecule has 3 heteroatoms. The van der Waals surface area contributed by atoms with Gasteiger partial charge >= 0.3 is 0 Å². The summed E-state index contributed by atoms with van der Waals surface area (Å²) in [6.07, 6.45) is 8.82. The second-order valence-corrected chi connectivity index (χ2v) is 7.11. The Hall–Kier alpha value is -2.39. The lowest BCUT2D eigenvalue weighted by Crippen LogP contribution is -2.35. The molecular formula is C24H35N3. The van der Waals surface area contributed by atoms with E-state index in [0.29, 0.717) is 5.71 Å². The fourth-order valence-electron chi connectivity index (χ4n) is 3.08. The summed E-state index contributed by atoms with van der Waals surface area (Å²) < 4.78 is 0. The summed E-state index contributed by atoms with van der Waals surface area (Å²) >= 11 is 0. The Kier molecular flexibility index (Phi) is 8.96. The largest absolute Gasteiger partial charge is 0.388 e. The van der Waals surface area contributed by atoms with Crippen LogP contribution in [0.25, 0.3) is 0 Å². The average molecular weight is 366 g/mol. The monoisotopic (exact) mass is 365 g/mol. The number of benzene rings is 1. The number of allylic oxidation sites excluding steroid dienone is 3. The second-order valence-electron chi connectivity index (χ2n) is 7.11. The number of aryl methyl sites for hydroxylation is 2. The molecule has 2 N–H and O–H groups in total. The van der Waals surface area contributed by atoms with Gasteiger partial charge < -0.3 is 10.2 Å². The number of likely N-dealkylation sites (N-methyl/N-ethyl adjacent to an activating group) is 2. The lowest BCUT2D eigenvalue weighted by molar-refractivity contribution is 0.292. The zero-order valence-corrected chi connectivity index (χ0v) is 17.8. The van der Waals surface area contributed by atoms with Gasteiger partial charge in [-0.3, -0.25) is 5.41 Å². The lowest BCUT2D eigenvalue weighted by Gasteiger charge is -2.30. The van der Waals surface area contributed by atoms with Crippen LogP contribution in [0.3, 0.4) is 0 Å². The van der Waals surface area contributed by atoms with Gasteiger partial charge in [-0.05, 0) is 62.4 Å². The van der Waals surface area contributed by atoms with Crippen LogP contribution < -0.4 is 5.32 Å². The van der Waals surface area contributed by atoms with Crippen molar-refractivity contribution in [3.05, 3.63) is 83.6 Å². The minimum atomic E-state index is 0.0951. The molecule has 0 aliphatic carbocycles. The van der Waals surface area contributed by atoms with Crippen molar-refractivity contribution in [2.24, 2.45) is 5.92 Å². The van der Waals surface area contributed by atoms with E-state index in [2.05, 4.69) is 82.5 Å². The van der Waals surface area contributed by atoms with E-state index in [-0.39, 0.29) is 12.0 Å². The van der Waals surface area contributed by atoms with Crippen LogP contribution in [0.15, 0.2) is 66.9 Å². The molecule has 3 nitrogen and oxygen atoms in total. The summed E-state index contributed by atoms with van der Waals surface area (Å²) in [5, 5.41) is 12.0. The molecule has 146 valence electrons. The minimum Gasteiger partial charge on any atom is -0.388 e. The van der Waals surface area contributed by atoms with Crippen LogP contribution in [0.2, 0.25) is 0 Å². The molecule has 0 aliphatic heterocycles. The van der Waals surface area contributed by atoms with Gasteiger partial charge in [0, 0.05) is 30.3 Å². The van der Waals surface area contributed by atoms with Gasteiger partial charge in [0.15, 0.2) is 0 Å². The van der Waals surface area contributed by atoms with E-state index in [0.717, 1.165) is 28.8 Å². The molecule has 0 radical (unpaired) electrons. The summed E-state index contributed by atoms with van der Waals surface area (Å²) in [7, 11) is 6.02. The van der Waals surface area contributed by atoms with Crippen molar-refractivity contribution in [3.8, 4) is 0 Å². The molecule has 0 saturated heterocycles. The van der Waals surface area contributed by atoms with Crippen molar-refractivity contribution in [2.75, 3.05) is 21.1 Å². The van der Waals surface area contributed by atoms with Crippen LogP contribution in [0.4, 0.5) is 0 Å². The molecule has 0 aliphatic rings. The van der Waals surface area contributed by atoms with Crippen LogP contribution in [0, 0.1) is 18.3 Å². The highest BCUT2D eigenvalue weighted by Gasteiger charge is 2.24. The van der Waals surface area contributed by atoms with Crippen molar-refractivity contribution >= 4 is 5.71 Å². The Morgan fingerprint density at radius 1 is 1.33 bits per heavy atom. The molecule has 0 aromatic heterocycles. The molecule has 0 bridgehead atoms. The molecule has 27 heavy (non-hydrogen) atoms. The Labute approximate surface area is 165 Å². The minimum absolute atomic E-state index is 0.0951. The highest BCUT2D eigenvalue weighted by Crippen LogP contribution is 2.24. The first-order valence-electron chi connectivity index (χ1n) is 9.49. The summed E-state index contributed by atoms with van der Waals surface area (Å²) in [5.74, 6) is 0.0951. The molecule has 2 atom stereocenters. The smallest absolute Gasteiger partial charge is 0.0644 e. The summed E-state index contributed by atoms with van der Waals surface area (Å²) in [5.41, 5.74) is 5.74. The van der Waals surface area contributed by atoms with E-state index in [9.17, 15) is 0 Å². The van der Waals surface area contributed by atoms with Crippen molar-refractivity contribution in [1.82, 2.24) is 10.2 Å². The predicted octanol–water partition coefficient (Wildman–Crippen LogP) is 4.89. The second kappa shape index (κ2) is 10.7. The predicted molar refractivity (Wildman–Crippen MR) is 120 cm³/mol. The van der Waals surface area contributed by atoms with E-state index < -0.39 is 0 Å². The maximum atomic E-state index is 8.77. The van der Waals surface area contributed by atoms with Crippen molar-refractivity contribution in [3.63, 3.8) is 0 Å². The first-order valence-corrected chi connectivity index (χ1v) is 9.49. The van der Waals surface area contributed by atoms with Gasteiger partial charge in [-0.1, -0.05) is 51.3 Å². The molecule has 0 fully saturated rings. The lowest BCUT2D eigenvalue weighted by atomic mass is 9.85. The zero-order chi connectivity index (χ0) is 20.6. The van der Waals surface area contributed by atoms with Crippen LogP contribution in [-0.4, -0.2) is 37.8 Å². The maximum Gasteiger partial charge on any atom is 0.0644 e. The number of nitrogens with zero attached hydrogens (tertiary/aromatic N) is 1. The number of nitrogens with one attached hydrogen (secondary N) is 2. The quantitative estimate of drug-likeness (QED) is 0.457. The molecule has 0 heterocycles. The first-order chi connectivity index (χ1) is 12.8. The Morgan fingerprint density at radius 3 is 2.52 bits per heavy atom. The Morgan fingerprint density at radius 2 is 2.00 bits per heavy atom. The van der Waals surface area contributed by atoms with E-state index >= 15 is 0 Å². The number of rotatable bonds is 10. The third-order valence-electron chi connectivity index (χ3n) is 5.01. The van der Waals surface area contributed by atoms with Gasteiger partial charge in [-0.2, -0.15) is 0 Å². The Bertz CT molecular complexity index is 738. The fourth-order valence-corrected chi connectivity index (χ4v) is 3.08. The highest BCUT2D eigenvalue weighted by atomic mass is 15.1. The molecular weight excluding hydrogens is 330 g/mol. The topological polar surface area (TPSA) is 39.1 Å². The van der Waals surface area contributed by atoms with Crippen LogP contribution in [-0.2, 0) is 6.42 Å². The fraction of sp³-hybridized carbons (Fsp3) is 0.375. The SMILES string of the molecule is C=C/C=C\C(=C\C(C(C)C(=C)C(=N)c1cc(CC)ccc1C)N(C)C)NC. The number of hydrogen-bond acceptors (Lipinski definition) is 3. The molecule has 0 saturated carbocycles. The average Bonchev–Trinajstić information content (AvgIpc) is 2.66. The molecule has 1 aromatic carbocycles. The normalized spacial score (nSPS) is 14.3. The highest BCUT2D eigenvalue weighted by molar-refractivity contribution is 6.11. The van der Waals surface area contributed by atoms with E-state index in [4.69, 9.17) is 5.41 Å². The zero-order valence-electron chi connectivity index (χ0n) is 17.8. The van der Waals surface area contributed by atoms with Gasteiger partial charge in [0.1, 0.15) is 0 Å². The van der Waals surface area contributed by atoms with Gasteiger partial charge in [-0.15, -0.1) is 0 Å². The van der Waals surface area contributed by atoms with Gasteiger partial charge in [0.2, 0.25) is 0 Å². The van der Waals surface area contributed by atoms with Crippen LogP contribution >= 0.6 is 0 Å². The molecule has 1 rings (SSSR count). The standard InChI is InChI=1S/C24H35N3/c1-9-11-12-21(26-6)16-23(27(7)8)18(4)19(5)24(25)22-15-20(10-2)14-13-17(22)3/h9,11-16,18,23,25-26H,1,5,10H2,2-4,6-8H3/b12-11-,21-16-,25-24?. The van der Waals surface area contributed by atoms with Crippen molar-refractivity contribution in [1.29, 1.82) is 5.41 Å². The number of hydrogen-bond donors (Lipinski definition) is 2. The Balaban J connectivity index is 3.19. The summed E-state index contributed by atoms with van der Waals surface area (Å²) in [6, 6.07) is 6.48. The van der Waals surface area contributed by atoms with Gasteiger partial charge in [0.25, 0.3) is 0 Å². The first kappa shape index (κ1) is 22.7. The van der Waals surface area contributed by atoms with Gasteiger partial charge in [0.05, 0.1) is 5.71 Å². The van der Waals surface area contributed by atoms with E-state index in [1.807, 2.05) is 19.2 Å². The molecule has 0 amide bonds. The van der Waals surface area contributed by atoms with Gasteiger partial charge in [-0.25, -0.2) is 0 Å². The summed E-state index contributed by atoms with van der Waals surface area (Å²) in [6.45, 7) is 14.4. The molecule has 1 aromatic rings. The molecule has 0 spiro atoms. The maximum absolute atomic E-state index is 8.77. The van der Waals surface area contributed by atoms with Crippen molar-refractivity contribution < 1.29 is 0 Å². The molecule has 2 unspecified atom stereocenters. The van der Waals surface area contributed by atoms with Crippen molar-refractivity contribution in [2.45, 2.75) is 33.2 Å². The van der Waals surface area contributed by atoms with E-state index in [1.54, 1.807) is 6.08 Å². The van der Waals surface area contributed by atoms with Crippen LogP contribution in [0.5, 0.6) is 0 Å².